The minimum atomic E-state index is -0.853. The number of allylic oxidation sites excluding steroid dienone is 30. The highest BCUT2D eigenvalue weighted by atomic mass is 16.6. The van der Waals surface area contributed by atoms with Crippen LogP contribution in [0.1, 0.15) is 201 Å². The van der Waals surface area contributed by atoms with Crippen LogP contribution in [-0.2, 0) is 28.6 Å². The Morgan fingerprint density at radius 1 is 0.274 bits per heavy atom. The molecule has 73 heavy (non-hydrogen) atoms. The van der Waals surface area contributed by atoms with Crippen LogP contribution in [0.3, 0.4) is 0 Å². The molecule has 0 aromatic carbocycles. The molecule has 0 saturated heterocycles. The molecule has 0 heterocycles. The van der Waals surface area contributed by atoms with Gasteiger partial charge in [-0.05, 0) is 141 Å². The first-order chi connectivity index (χ1) is 36.0. The van der Waals surface area contributed by atoms with Gasteiger partial charge in [0.1, 0.15) is 13.2 Å². The fourth-order valence-corrected chi connectivity index (χ4v) is 6.78. The Hall–Kier alpha value is -5.49. The molecule has 0 aliphatic rings. The number of ether oxygens (including phenoxy) is 3. The summed E-state index contributed by atoms with van der Waals surface area (Å²) in [6, 6.07) is 0. The van der Waals surface area contributed by atoms with Gasteiger partial charge in [-0.3, -0.25) is 14.4 Å². The number of carbonyl (C=O) groups excluding carboxylic acids is 3. The predicted octanol–water partition coefficient (Wildman–Crippen LogP) is 19.3. The van der Waals surface area contributed by atoms with E-state index in [1.165, 1.54) is 0 Å². The SMILES string of the molecule is CC/C=C\C/C=C\C/C=C\C/C=C\C/C=C\C/C=C\CCCCCCC(=O)OCC(COC(=O)CCCCC/C=C\C/C=C\C/C=C\CC)OC(=O)CC/C=C\C/C=C\C/C=C\C/C=C\C/C=C\C/C=C\CC. The van der Waals surface area contributed by atoms with E-state index in [1.54, 1.807) is 0 Å². The lowest BCUT2D eigenvalue weighted by atomic mass is 10.1. The molecule has 0 radical (unpaired) electrons. The van der Waals surface area contributed by atoms with Gasteiger partial charge < -0.3 is 14.2 Å². The van der Waals surface area contributed by atoms with Crippen molar-refractivity contribution in [3.63, 3.8) is 0 Å². The number of unbranched alkanes of at least 4 members (excludes halogenated alkanes) is 7. The number of hydrogen-bond donors (Lipinski definition) is 0. The quantitative estimate of drug-likeness (QED) is 0.0262. The van der Waals surface area contributed by atoms with Crippen molar-refractivity contribution in [2.45, 2.75) is 207 Å². The number of carbonyl (C=O) groups is 3. The molecule has 1 unspecified atom stereocenters. The molecule has 6 heteroatoms. The molecule has 404 valence electrons. The van der Waals surface area contributed by atoms with Crippen LogP contribution < -0.4 is 0 Å². The van der Waals surface area contributed by atoms with Gasteiger partial charge in [0.05, 0.1) is 0 Å². The Kier molecular flexibility index (Phi) is 54.6. The van der Waals surface area contributed by atoms with Crippen molar-refractivity contribution in [1.82, 2.24) is 0 Å². The van der Waals surface area contributed by atoms with Gasteiger partial charge in [-0.1, -0.05) is 222 Å². The molecule has 0 saturated carbocycles. The van der Waals surface area contributed by atoms with Crippen LogP contribution in [-0.4, -0.2) is 37.2 Å². The standard InChI is InChI=1S/C67H100O6/c1-4-7-10-13-16-19-22-25-27-29-31-32-33-34-36-37-39-42-45-48-51-54-57-60-66(69)72-63-64(62-71-65(68)59-56-53-50-47-44-41-24-21-18-15-12-9-6-3)73-67(70)61-58-55-52-49-46-43-40-38-35-30-28-26-23-20-17-14-11-8-5-2/h7-12,16-21,25-28,31-32,34-36,38-39,41-44,46,52,55,64H,4-6,13-15,22-24,29-30,33,37,40,45,47-51,53-54,56-63H2,1-3H3/b10-7-,11-8-,12-9-,19-16-,20-17-,21-18-,27-25-,28-26-,32-31-,36-34-,38-35-,42-39-,44-41-,46-43-,55-52-. The van der Waals surface area contributed by atoms with Crippen molar-refractivity contribution in [2.24, 2.45) is 0 Å². The second-order valence-electron chi connectivity index (χ2n) is 17.7. The molecule has 0 N–H and O–H groups in total. The molecule has 0 bridgehead atoms. The summed E-state index contributed by atoms with van der Waals surface area (Å²) in [5.74, 6) is -1.09. The first-order valence-corrected chi connectivity index (χ1v) is 28.3. The average molecular weight is 1000 g/mol. The van der Waals surface area contributed by atoms with E-state index in [4.69, 9.17) is 14.2 Å². The summed E-state index contributed by atoms with van der Waals surface area (Å²) in [7, 11) is 0. The zero-order valence-electron chi connectivity index (χ0n) is 46.1. The van der Waals surface area contributed by atoms with Crippen molar-refractivity contribution in [1.29, 1.82) is 0 Å². The predicted molar refractivity (Wildman–Crippen MR) is 315 cm³/mol. The van der Waals surface area contributed by atoms with Crippen molar-refractivity contribution < 1.29 is 28.6 Å². The van der Waals surface area contributed by atoms with Crippen molar-refractivity contribution >= 4 is 17.9 Å². The van der Waals surface area contributed by atoms with Gasteiger partial charge in [-0.25, -0.2) is 0 Å². The summed E-state index contributed by atoms with van der Waals surface area (Å²) in [4.78, 5) is 38.1. The van der Waals surface area contributed by atoms with E-state index in [9.17, 15) is 14.4 Å². The van der Waals surface area contributed by atoms with Crippen LogP contribution >= 0.6 is 0 Å². The lowest BCUT2D eigenvalue weighted by Crippen LogP contribution is -2.30. The van der Waals surface area contributed by atoms with Crippen LogP contribution in [0.25, 0.3) is 0 Å². The maximum Gasteiger partial charge on any atom is 0.306 e. The smallest absolute Gasteiger partial charge is 0.306 e. The fraction of sp³-hybridized carbons (Fsp3) is 0.507. The maximum atomic E-state index is 12.8. The summed E-state index contributed by atoms with van der Waals surface area (Å²) in [5.41, 5.74) is 0. The minimum absolute atomic E-state index is 0.141. The summed E-state index contributed by atoms with van der Waals surface area (Å²) >= 11 is 0. The van der Waals surface area contributed by atoms with Gasteiger partial charge in [-0.15, -0.1) is 0 Å². The summed E-state index contributed by atoms with van der Waals surface area (Å²) in [6.07, 6.45) is 88.9. The molecule has 0 aromatic rings. The van der Waals surface area contributed by atoms with Gasteiger partial charge >= 0.3 is 17.9 Å². The Morgan fingerprint density at radius 3 is 0.822 bits per heavy atom. The molecule has 0 aliphatic carbocycles. The van der Waals surface area contributed by atoms with Crippen molar-refractivity contribution in [3.05, 3.63) is 182 Å². The van der Waals surface area contributed by atoms with E-state index < -0.39 is 12.1 Å². The normalized spacial score (nSPS) is 13.5. The van der Waals surface area contributed by atoms with Crippen LogP contribution in [0.2, 0.25) is 0 Å². The molecule has 6 nitrogen and oxygen atoms in total. The molecular formula is C67H100O6. The molecule has 0 aliphatic heterocycles. The third-order valence-corrected chi connectivity index (χ3v) is 10.9. The maximum absolute atomic E-state index is 12.8. The van der Waals surface area contributed by atoms with Crippen molar-refractivity contribution in [2.75, 3.05) is 13.2 Å². The first-order valence-electron chi connectivity index (χ1n) is 28.3. The highest BCUT2D eigenvalue weighted by Gasteiger charge is 2.19. The molecular weight excluding hydrogens is 901 g/mol. The second-order valence-corrected chi connectivity index (χ2v) is 17.7. The Labute approximate surface area is 446 Å². The summed E-state index contributed by atoms with van der Waals surface area (Å²) in [5, 5.41) is 0. The second kappa shape index (κ2) is 59.1. The Bertz CT molecular complexity index is 1770. The molecule has 1 atom stereocenters. The molecule has 0 spiro atoms. The largest absolute Gasteiger partial charge is 0.462 e. The third kappa shape index (κ3) is 57.3. The highest BCUT2D eigenvalue weighted by molar-refractivity contribution is 5.71. The lowest BCUT2D eigenvalue weighted by Gasteiger charge is -2.18. The zero-order valence-corrected chi connectivity index (χ0v) is 46.1. The first kappa shape index (κ1) is 67.5. The van der Waals surface area contributed by atoms with Gasteiger partial charge in [-0.2, -0.15) is 0 Å². The van der Waals surface area contributed by atoms with Gasteiger partial charge in [0.2, 0.25) is 0 Å². The van der Waals surface area contributed by atoms with Gasteiger partial charge in [0.15, 0.2) is 6.10 Å². The molecule has 0 amide bonds. The highest BCUT2D eigenvalue weighted by Crippen LogP contribution is 2.11. The Morgan fingerprint density at radius 2 is 0.521 bits per heavy atom. The van der Waals surface area contributed by atoms with E-state index in [-0.39, 0.29) is 31.6 Å². The van der Waals surface area contributed by atoms with Gasteiger partial charge in [0, 0.05) is 19.3 Å². The fourth-order valence-electron chi connectivity index (χ4n) is 6.78. The van der Waals surface area contributed by atoms with Gasteiger partial charge in [0.25, 0.3) is 0 Å². The van der Waals surface area contributed by atoms with Crippen LogP contribution in [0.5, 0.6) is 0 Å². The molecule has 0 fully saturated rings. The number of rotatable bonds is 48. The van der Waals surface area contributed by atoms with E-state index in [1.807, 2.05) is 12.2 Å². The average Bonchev–Trinajstić information content (AvgIpc) is 3.39. The topological polar surface area (TPSA) is 78.9 Å². The molecule has 0 aromatic heterocycles. The number of esters is 3. The number of hydrogen-bond acceptors (Lipinski definition) is 6. The Balaban J connectivity index is 4.60. The lowest BCUT2D eigenvalue weighted by molar-refractivity contribution is -0.166. The van der Waals surface area contributed by atoms with E-state index in [2.05, 4.69) is 191 Å². The molecule has 0 rings (SSSR count). The van der Waals surface area contributed by atoms with E-state index >= 15 is 0 Å². The van der Waals surface area contributed by atoms with E-state index in [0.29, 0.717) is 19.3 Å². The summed E-state index contributed by atoms with van der Waals surface area (Å²) < 4.78 is 16.7. The third-order valence-electron chi connectivity index (χ3n) is 10.9. The van der Waals surface area contributed by atoms with Crippen LogP contribution in [0.4, 0.5) is 0 Å². The monoisotopic (exact) mass is 1000 g/mol. The van der Waals surface area contributed by atoms with Crippen molar-refractivity contribution in [3.8, 4) is 0 Å². The van der Waals surface area contributed by atoms with Crippen LogP contribution in [0.15, 0.2) is 182 Å². The minimum Gasteiger partial charge on any atom is -0.462 e. The van der Waals surface area contributed by atoms with Crippen LogP contribution in [0, 0.1) is 0 Å². The van der Waals surface area contributed by atoms with E-state index in [0.717, 1.165) is 154 Å². The summed E-state index contributed by atoms with van der Waals surface area (Å²) in [6.45, 7) is 6.16. The zero-order chi connectivity index (χ0) is 52.9.